The Bertz CT molecular complexity index is 643. The molecule has 4 heteroatoms. The molecule has 3 aromatic rings. The standard InChI is InChI=1S/C13H10ClN3/c14-9-4-6-10(7-5-9)16-12-2-1-3-13-11(12)8-15-17-13/h1-8,16H,(H,15,17). The fourth-order valence-corrected chi connectivity index (χ4v) is 1.89. The zero-order valence-electron chi connectivity index (χ0n) is 8.94. The van der Waals surface area contributed by atoms with Crippen LogP contribution in [0.5, 0.6) is 0 Å². The molecule has 0 aliphatic heterocycles. The van der Waals surface area contributed by atoms with Crippen LogP contribution in [0.15, 0.2) is 48.7 Å². The van der Waals surface area contributed by atoms with Gasteiger partial charge in [-0.15, -0.1) is 0 Å². The average molecular weight is 244 g/mol. The quantitative estimate of drug-likeness (QED) is 0.715. The van der Waals surface area contributed by atoms with E-state index in [9.17, 15) is 0 Å². The molecule has 0 bridgehead atoms. The highest BCUT2D eigenvalue weighted by atomic mass is 35.5. The van der Waals surface area contributed by atoms with Crippen LogP contribution >= 0.6 is 11.6 Å². The fourth-order valence-electron chi connectivity index (χ4n) is 1.77. The molecule has 0 aliphatic carbocycles. The lowest BCUT2D eigenvalue weighted by atomic mass is 10.2. The molecule has 0 unspecified atom stereocenters. The van der Waals surface area contributed by atoms with Crippen molar-refractivity contribution in [2.45, 2.75) is 0 Å². The van der Waals surface area contributed by atoms with Crippen molar-refractivity contribution in [1.82, 2.24) is 10.2 Å². The van der Waals surface area contributed by atoms with E-state index in [0.29, 0.717) is 0 Å². The van der Waals surface area contributed by atoms with Gasteiger partial charge in [0.05, 0.1) is 11.7 Å². The second-order valence-corrected chi connectivity index (χ2v) is 4.21. The maximum absolute atomic E-state index is 5.85. The molecule has 0 saturated heterocycles. The Morgan fingerprint density at radius 3 is 2.71 bits per heavy atom. The highest BCUT2D eigenvalue weighted by molar-refractivity contribution is 6.30. The summed E-state index contributed by atoms with van der Waals surface area (Å²) in [5.41, 5.74) is 3.05. The Hall–Kier alpha value is -2.00. The first-order valence-corrected chi connectivity index (χ1v) is 5.65. The normalized spacial score (nSPS) is 10.6. The van der Waals surface area contributed by atoms with Crippen molar-refractivity contribution in [3.8, 4) is 0 Å². The van der Waals surface area contributed by atoms with E-state index in [2.05, 4.69) is 15.5 Å². The van der Waals surface area contributed by atoms with Gasteiger partial charge < -0.3 is 5.32 Å². The number of aromatic nitrogens is 2. The van der Waals surface area contributed by atoms with Gasteiger partial charge in [0, 0.05) is 21.8 Å². The minimum Gasteiger partial charge on any atom is -0.355 e. The number of H-pyrrole nitrogens is 1. The number of aromatic amines is 1. The molecule has 2 N–H and O–H groups in total. The van der Waals surface area contributed by atoms with Crippen molar-refractivity contribution in [2.24, 2.45) is 0 Å². The van der Waals surface area contributed by atoms with Crippen molar-refractivity contribution in [1.29, 1.82) is 0 Å². The van der Waals surface area contributed by atoms with Gasteiger partial charge in [0.15, 0.2) is 0 Å². The third-order valence-electron chi connectivity index (χ3n) is 2.61. The topological polar surface area (TPSA) is 40.7 Å². The number of rotatable bonds is 2. The van der Waals surface area contributed by atoms with E-state index in [-0.39, 0.29) is 0 Å². The first kappa shape index (κ1) is 10.2. The maximum Gasteiger partial charge on any atom is 0.0671 e. The SMILES string of the molecule is Clc1ccc(Nc2cccc3[nH]ncc23)cc1. The van der Waals surface area contributed by atoms with E-state index < -0.39 is 0 Å². The lowest BCUT2D eigenvalue weighted by molar-refractivity contribution is 1.12. The number of nitrogens with one attached hydrogen (secondary N) is 2. The Morgan fingerprint density at radius 1 is 1.06 bits per heavy atom. The molecule has 0 radical (unpaired) electrons. The molecule has 1 heterocycles. The van der Waals surface area contributed by atoms with Crippen LogP contribution in [0.25, 0.3) is 10.9 Å². The summed E-state index contributed by atoms with van der Waals surface area (Å²) in [4.78, 5) is 0. The number of halogens is 1. The molecule has 0 spiro atoms. The fraction of sp³-hybridized carbons (Fsp3) is 0. The third-order valence-corrected chi connectivity index (χ3v) is 2.86. The lowest BCUT2D eigenvalue weighted by Gasteiger charge is -2.07. The average Bonchev–Trinajstić information content (AvgIpc) is 2.81. The van der Waals surface area contributed by atoms with Crippen molar-refractivity contribution in [3.05, 3.63) is 53.7 Å². The lowest BCUT2D eigenvalue weighted by Crippen LogP contribution is -1.89. The van der Waals surface area contributed by atoms with Crippen molar-refractivity contribution in [2.75, 3.05) is 5.32 Å². The molecule has 0 fully saturated rings. The van der Waals surface area contributed by atoms with Crippen molar-refractivity contribution >= 4 is 33.9 Å². The summed E-state index contributed by atoms with van der Waals surface area (Å²) in [6.07, 6.45) is 1.81. The molecule has 17 heavy (non-hydrogen) atoms. The first-order chi connectivity index (χ1) is 8.33. The summed E-state index contributed by atoms with van der Waals surface area (Å²) in [5.74, 6) is 0. The minimum atomic E-state index is 0.733. The monoisotopic (exact) mass is 243 g/mol. The largest absolute Gasteiger partial charge is 0.355 e. The predicted molar refractivity (Wildman–Crippen MR) is 70.8 cm³/mol. The minimum absolute atomic E-state index is 0.733. The number of hydrogen-bond donors (Lipinski definition) is 2. The van der Waals surface area contributed by atoms with Crippen molar-refractivity contribution < 1.29 is 0 Å². The number of benzene rings is 2. The van der Waals surface area contributed by atoms with E-state index in [4.69, 9.17) is 11.6 Å². The molecule has 0 aliphatic rings. The Balaban J connectivity index is 1.99. The van der Waals surface area contributed by atoms with Crippen LogP contribution in [0.1, 0.15) is 0 Å². The summed E-state index contributed by atoms with van der Waals surface area (Å²) in [7, 11) is 0. The Labute approximate surface area is 103 Å². The molecule has 3 rings (SSSR count). The smallest absolute Gasteiger partial charge is 0.0671 e. The van der Waals surface area contributed by atoms with Gasteiger partial charge in [-0.2, -0.15) is 5.10 Å². The molecular formula is C13H10ClN3. The Morgan fingerprint density at radius 2 is 1.88 bits per heavy atom. The van der Waals surface area contributed by atoms with Gasteiger partial charge in [-0.25, -0.2) is 0 Å². The molecule has 0 saturated carbocycles. The van der Waals surface area contributed by atoms with Gasteiger partial charge in [0.25, 0.3) is 0 Å². The van der Waals surface area contributed by atoms with Crippen LogP contribution in [0, 0.1) is 0 Å². The maximum atomic E-state index is 5.85. The predicted octanol–water partition coefficient (Wildman–Crippen LogP) is 3.96. The van der Waals surface area contributed by atoms with E-state index in [0.717, 1.165) is 27.3 Å². The summed E-state index contributed by atoms with van der Waals surface area (Å²) in [5, 5.41) is 12.1. The number of fused-ring (bicyclic) bond motifs is 1. The number of anilines is 2. The molecule has 2 aromatic carbocycles. The molecule has 3 nitrogen and oxygen atoms in total. The van der Waals surface area contributed by atoms with E-state index in [1.54, 1.807) is 0 Å². The summed E-state index contributed by atoms with van der Waals surface area (Å²) < 4.78 is 0. The highest BCUT2D eigenvalue weighted by Gasteiger charge is 2.02. The molecular weight excluding hydrogens is 234 g/mol. The summed E-state index contributed by atoms with van der Waals surface area (Å²) in [6, 6.07) is 13.6. The van der Waals surface area contributed by atoms with Crippen LogP contribution in [-0.4, -0.2) is 10.2 Å². The van der Waals surface area contributed by atoms with Crippen LogP contribution < -0.4 is 5.32 Å². The Kier molecular flexibility index (Phi) is 2.46. The van der Waals surface area contributed by atoms with Gasteiger partial charge >= 0.3 is 0 Å². The van der Waals surface area contributed by atoms with Gasteiger partial charge in [-0.1, -0.05) is 17.7 Å². The molecule has 0 atom stereocenters. The van der Waals surface area contributed by atoms with E-state index in [1.807, 2.05) is 48.7 Å². The third kappa shape index (κ3) is 1.97. The second-order valence-electron chi connectivity index (χ2n) is 3.77. The molecule has 1 aromatic heterocycles. The van der Waals surface area contributed by atoms with Crippen LogP contribution in [0.4, 0.5) is 11.4 Å². The zero-order valence-corrected chi connectivity index (χ0v) is 9.70. The molecule has 84 valence electrons. The van der Waals surface area contributed by atoms with Gasteiger partial charge in [-0.3, -0.25) is 5.10 Å². The number of nitrogens with zero attached hydrogens (tertiary/aromatic N) is 1. The zero-order chi connectivity index (χ0) is 11.7. The van der Waals surface area contributed by atoms with Gasteiger partial charge in [-0.05, 0) is 36.4 Å². The van der Waals surface area contributed by atoms with Crippen LogP contribution in [0.2, 0.25) is 5.02 Å². The number of hydrogen-bond acceptors (Lipinski definition) is 2. The summed E-state index contributed by atoms with van der Waals surface area (Å²) in [6.45, 7) is 0. The van der Waals surface area contributed by atoms with Crippen LogP contribution in [-0.2, 0) is 0 Å². The van der Waals surface area contributed by atoms with E-state index >= 15 is 0 Å². The van der Waals surface area contributed by atoms with E-state index in [1.165, 1.54) is 0 Å². The molecule has 0 amide bonds. The van der Waals surface area contributed by atoms with Crippen LogP contribution in [0.3, 0.4) is 0 Å². The van der Waals surface area contributed by atoms with Gasteiger partial charge in [0.2, 0.25) is 0 Å². The van der Waals surface area contributed by atoms with Crippen molar-refractivity contribution in [3.63, 3.8) is 0 Å². The highest BCUT2D eigenvalue weighted by Crippen LogP contribution is 2.25. The van der Waals surface area contributed by atoms with Gasteiger partial charge in [0.1, 0.15) is 0 Å². The first-order valence-electron chi connectivity index (χ1n) is 5.27. The summed E-state index contributed by atoms with van der Waals surface area (Å²) >= 11 is 5.85. The second kappa shape index (κ2) is 4.11.